The molecule has 0 bridgehead atoms. The third-order valence-corrected chi connectivity index (χ3v) is 7.13. The number of anilines is 1. The van der Waals surface area contributed by atoms with Crippen molar-refractivity contribution in [3.8, 4) is 5.75 Å². The van der Waals surface area contributed by atoms with Crippen LogP contribution in [0.25, 0.3) is 10.8 Å². The average molecular weight is 499 g/mol. The van der Waals surface area contributed by atoms with Crippen LogP contribution in [0.5, 0.6) is 5.75 Å². The molecule has 0 fully saturated rings. The minimum atomic E-state index is -5.06. The number of carbonyl (C=O) groups excluding carboxylic acids is 1. The van der Waals surface area contributed by atoms with Gasteiger partial charge in [-0.25, -0.2) is 0 Å². The Labute approximate surface area is 174 Å². The molecule has 30 heavy (non-hydrogen) atoms. The van der Waals surface area contributed by atoms with Crippen LogP contribution in [0.3, 0.4) is 0 Å². The Balaban J connectivity index is 0.000000215. The van der Waals surface area contributed by atoms with E-state index in [0.29, 0.717) is 0 Å². The fourth-order valence-electron chi connectivity index (χ4n) is 2.43. The molecule has 0 radical (unpaired) electrons. The van der Waals surface area contributed by atoms with Crippen LogP contribution in [0.1, 0.15) is 6.92 Å². The molecule has 0 saturated heterocycles. The molecule has 10 nitrogen and oxygen atoms in total. The van der Waals surface area contributed by atoms with Gasteiger partial charge in [0.25, 0.3) is 10.1 Å². The summed E-state index contributed by atoms with van der Waals surface area (Å²) in [4.78, 5) is 10.8. The first kappa shape index (κ1) is 23.6. The Morgan fingerprint density at radius 1 is 1.03 bits per heavy atom. The molecule has 0 saturated carbocycles. The summed E-state index contributed by atoms with van der Waals surface area (Å²) < 4.78 is 54.5. The molecule has 3 rings (SSSR count). The van der Waals surface area contributed by atoms with Gasteiger partial charge in [-0.1, -0.05) is 30.3 Å². The van der Waals surface area contributed by atoms with Crippen molar-refractivity contribution in [2.24, 2.45) is 0 Å². The summed E-state index contributed by atoms with van der Waals surface area (Å²) in [5.41, 5.74) is -0.0773. The molecule has 3 aromatic carbocycles. The second kappa shape index (κ2) is 9.43. The summed E-state index contributed by atoms with van der Waals surface area (Å²) in [6.45, 7) is 1.20. The van der Waals surface area contributed by atoms with Crippen LogP contribution in [-0.2, 0) is 22.5 Å². The number of fused-ring (bicyclic) bond motifs is 1. The number of phenolic OH excluding ortho intramolecular Hbond substituents is 1. The van der Waals surface area contributed by atoms with Gasteiger partial charge in [0.2, 0.25) is 0 Å². The molecule has 0 heterocycles. The molecule has 0 aromatic heterocycles. The Morgan fingerprint density at radius 3 is 2.23 bits per heavy atom. The van der Waals surface area contributed by atoms with Gasteiger partial charge in [-0.05, 0) is 22.9 Å². The molecule has 0 aliphatic rings. The molecule has 0 aliphatic carbocycles. The standard InChI is InChI=1S/C10H8O3S.C8H10AsNO6/c11-14(12,13)10-6-5-8-3-1-2-4-9(8)7-10;1-5(11)10-8-4-6(12)2-3-7(8)9(13,14)16-15/h1-7H,(H,11,12,13);2-4,12,15H,1H3,(H,10,11)(H,13,14). The first-order valence-corrected chi connectivity index (χ1v) is 12.9. The van der Waals surface area contributed by atoms with Crippen LogP contribution >= 0.6 is 0 Å². The first-order chi connectivity index (χ1) is 13.9. The number of nitrogens with one attached hydrogen (secondary N) is 1. The third kappa shape index (κ3) is 6.17. The zero-order valence-corrected chi connectivity index (χ0v) is 18.2. The Morgan fingerprint density at radius 2 is 1.67 bits per heavy atom. The molecular formula is C18H18AsNO9S. The Bertz CT molecular complexity index is 1230. The summed E-state index contributed by atoms with van der Waals surface area (Å²) in [5, 5.41) is 21.5. The van der Waals surface area contributed by atoms with Gasteiger partial charge >= 0.3 is 93.2 Å². The first-order valence-electron chi connectivity index (χ1n) is 8.17. The second-order valence-electron chi connectivity index (χ2n) is 5.97. The van der Waals surface area contributed by atoms with E-state index in [9.17, 15) is 21.0 Å². The van der Waals surface area contributed by atoms with Crippen molar-refractivity contribution in [2.75, 3.05) is 5.32 Å². The fourth-order valence-corrected chi connectivity index (χ4v) is 4.58. The largest absolute Gasteiger partial charge is 0.294 e. The SMILES string of the molecule is CC(=O)Nc1cc(O)ccc1[As](=O)(O)OO.O=S(=O)(O)c1ccc2ccccc2c1. The van der Waals surface area contributed by atoms with Gasteiger partial charge in [0.15, 0.2) is 0 Å². The molecule has 1 atom stereocenters. The van der Waals surface area contributed by atoms with E-state index in [1.54, 1.807) is 12.1 Å². The zero-order chi connectivity index (χ0) is 22.5. The topological polar surface area (TPSA) is 170 Å². The summed E-state index contributed by atoms with van der Waals surface area (Å²) in [6, 6.07) is 15.2. The molecule has 5 N–H and O–H groups in total. The van der Waals surface area contributed by atoms with Crippen molar-refractivity contribution in [3.63, 3.8) is 0 Å². The van der Waals surface area contributed by atoms with E-state index in [1.165, 1.54) is 19.1 Å². The van der Waals surface area contributed by atoms with E-state index in [0.717, 1.165) is 29.0 Å². The van der Waals surface area contributed by atoms with E-state index in [4.69, 9.17) is 14.9 Å². The van der Waals surface area contributed by atoms with Crippen LogP contribution in [0.2, 0.25) is 0 Å². The average Bonchev–Trinajstić information content (AvgIpc) is 2.67. The number of carbonyl (C=O) groups is 1. The van der Waals surface area contributed by atoms with Crippen LogP contribution in [-0.4, -0.2) is 47.5 Å². The van der Waals surface area contributed by atoms with Crippen molar-refractivity contribution in [1.82, 2.24) is 0 Å². The summed E-state index contributed by atoms with van der Waals surface area (Å²) in [5.74, 6) is -0.679. The van der Waals surface area contributed by atoms with Gasteiger partial charge in [-0.15, -0.1) is 0 Å². The quantitative estimate of drug-likeness (QED) is 0.154. The minimum absolute atomic E-state index is 0.0730. The van der Waals surface area contributed by atoms with Gasteiger partial charge in [-0.3, -0.25) is 4.55 Å². The molecule has 3 aromatic rings. The fraction of sp³-hybridized carbons (Fsp3) is 0.0556. The number of phenols is 1. The minimum Gasteiger partial charge on any atom is -0.282 e. The van der Waals surface area contributed by atoms with Crippen molar-refractivity contribution >= 4 is 51.0 Å². The number of benzene rings is 3. The van der Waals surface area contributed by atoms with E-state index < -0.39 is 30.2 Å². The summed E-state index contributed by atoms with van der Waals surface area (Å²) >= 11 is -5.06. The number of rotatable bonds is 4. The predicted molar refractivity (Wildman–Crippen MR) is 108 cm³/mol. The van der Waals surface area contributed by atoms with Crippen LogP contribution in [0.4, 0.5) is 5.69 Å². The van der Waals surface area contributed by atoms with Crippen molar-refractivity contribution < 1.29 is 39.8 Å². The Kier molecular flexibility index (Phi) is 7.43. The maximum absolute atomic E-state index is 11.4. The molecule has 1 amide bonds. The van der Waals surface area contributed by atoms with Crippen LogP contribution < -0.4 is 9.67 Å². The van der Waals surface area contributed by atoms with E-state index in [2.05, 4.69) is 9.19 Å². The van der Waals surface area contributed by atoms with Gasteiger partial charge in [-0.2, -0.15) is 8.42 Å². The Hall–Kier alpha value is -2.66. The molecular weight excluding hydrogens is 481 g/mol. The van der Waals surface area contributed by atoms with Crippen LogP contribution in [0, 0.1) is 0 Å². The summed E-state index contributed by atoms with van der Waals surface area (Å²) in [7, 11) is -4.09. The van der Waals surface area contributed by atoms with Gasteiger partial charge in [0.1, 0.15) is 0 Å². The van der Waals surface area contributed by atoms with Gasteiger partial charge in [0.05, 0.1) is 4.90 Å². The molecule has 0 aliphatic heterocycles. The normalized spacial score (nSPS) is 13.1. The second-order valence-corrected chi connectivity index (χ2v) is 10.9. The van der Waals surface area contributed by atoms with E-state index in [-0.39, 0.29) is 20.7 Å². The molecule has 1 unspecified atom stereocenters. The number of hydrogen-bond donors (Lipinski definition) is 5. The smallest absolute Gasteiger partial charge is 0.282 e. The summed E-state index contributed by atoms with van der Waals surface area (Å²) in [6.07, 6.45) is 0. The van der Waals surface area contributed by atoms with Crippen LogP contribution in [0.15, 0.2) is 65.6 Å². The predicted octanol–water partition coefficient (Wildman–Crippen LogP) is 1.50. The van der Waals surface area contributed by atoms with E-state index in [1.807, 2.05) is 18.2 Å². The number of hydrogen-bond acceptors (Lipinski definition) is 7. The molecule has 0 spiro atoms. The van der Waals surface area contributed by atoms with Crippen molar-refractivity contribution in [1.29, 1.82) is 0 Å². The van der Waals surface area contributed by atoms with Gasteiger partial charge < -0.3 is 0 Å². The monoisotopic (exact) mass is 499 g/mol. The van der Waals surface area contributed by atoms with Crippen molar-refractivity contribution in [3.05, 3.63) is 60.7 Å². The van der Waals surface area contributed by atoms with Gasteiger partial charge in [0, 0.05) is 0 Å². The number of aromatic hydroxyl groups is 1. The van der Waals surface area contributed by atoms with Crippen molar-refractivity contribution in [2.45, 2.75) is 11.8 Å². The molecule has 12 heteroatoms. The molecule has 160 valence electrons. The number of amides is 1. The maximum atomic E-state index is 11.4. The zero-order valence-electron chi connectivity index (χ0n) is 15.5. The third-order valence-electron chi connectivity index (χ3n) is 3.72. The maximum Gasteiger partial charge on any atom is 0.294 e. The van der Waals surface area contributed by atoms with E-state index >= 15 is 0 Å².